The third kappa shape index (κ3) is 3.04. The molecule has 0 bridgehead atoms. The van der Waals surface area contributed by atoms with Crippen LogP contribution in [-0.4, -0.2) is 16.3 Å². The zero-order valence-corrected chi connectivity index (χ0v) is 10.4. The van der Waals surface area contributed by atoms with Crippen molar-refractivity contribution in [2.45, 2.75) is 6.54 Å². The van der Waals surface area contributed by atoms with Crippen molar-refractivity contribution < 1.29 is 33.7 Å². The molecule has 2 rings (SSSR count). The molecule has 0 aliphatic rings. The van der Waals surface area contributed by atoms with E-state index in [1.165, 1.54) is 0 Å². The highest BCUT2D eigenvalue weighted by atomic mass is 127. The smallest absolute Gasteiger partial charge is 0.249 e. The van der Waals surface area contributed by atoms with E-state index in [0.29, 0.717) is 6.54 Å². The second-order valence-corrected chi connectivity index (χ2v) is 3.12. The van der Waals surface area contributed by atoms with Crippen LogP contribution in [-0.2, 0) is 6.54 Å². The highest BCUT2D eigenvalue weighted by Crippen LogP contribution is 2.04. The molecule has 4 heteroatoms. The Labute approximate surface area is 106 Å². The molecule has 0 unspecified atom stereocenters. The molecule has 2 aromatic rings. The molecule has 1 N–H and O–H groups in total. The van der Waals surface area contributed by atoms with E-state index in [1.807, 2.05) is 58.2 Å². The molecule has 0 atom stereocenters. The normalized spacial score (nSPS) is 9.67. The van der Waals surface area contributed by atoms with Crippen LogP contribution < -0.4 is 28.5 Å². The van der Waals surface area contributed by atoms with Gasteiger partial charge in [0.1, 0.15) is 24.6 Å². The number of halogens is 1. The number of aliphatic hydroxyl groups is 1. The van der Waals surface area contributed by atoms with Crippen LogP contribution >= 0.6 is 0 Å². The number of nitrogens with zero attached hydrogens (tertiary/aromatic N) is 2. The van der Waals surface area contributed by atoms with E-state index in [-0.39, 0.29) is 30.6 Å². The fraction of sp³-hybridized carbons (Fsp3) is 0.182. The molecule has 1 heterocycles. The van der Waals surface area contributed by atoms with E-state index in [4.69, 9.17) is 5.11 Å². The Morgan fingerprint density at radius 3 is 2.60 bits per heavy atom. The van der Waals surface area contributed by atoms with Crippen molar-refractivity contribution in [2.24, 2.45) is 0 Å². The van der Waals surface area contributed by atoms with Crippen molar-refractivity contribution >= 4 is 0 Å². The largest absolute Gasteiger partial charge is 1.00 e. The number of hydrogen-bond donors (Lipinski definition) is 1. The molecular formula is C11H13IN2O. The Kier molecular flexibility index (Phi) is 4.77. The lowest BCUT2D eigenvalue weighted by Gasteiger charge is -1.93. The van der Waals surface area contributed by atoms with Crippen molar-refractivity contribution in [3.05, 3.63) is 49.1 Å². The van der Waals surface area contributed by atoms with Crippen molar-refractivity contribution in [3.63, 3.8) is 0 Å². The maximum absolute atomic E-state index is 8.77. The first-order valence-corrected chi connectivity index (χ1v) is 4.63. The Morgan fingerprint density at radius 2 is 1.93 bits per heavy atom. The second-order valence-electron chi connectivity index (χ2n) is 3.12. The van der Waals surface area contributed by atoms with Gasteiger partial charge in [-0.25, -0.2) is 9.13 Å². The van der Waals surface area contributed by atoms with Crippen molar-refractivity contribution in [1.29, 1.82) is 0 Å². The summed E-state index contributed by atoms with van der Waals surface area (Å²) in [7, 11) is 0. The van der Waals surface area contributed by atoms with E-state index in [2.05, 4.69) is 0 Å². The fourth-order valence-electron chi connectivity index (χ4n) is 1.39. The SMILES string of the molecule is OCC[n+]1ccn(-c2ccccc2)c1.[I-]. The summed E-state index contributed by atoms with van der Waals surface area (Å²) < 4.78 is 3.97. The molecule has 1 aromatic heterocycles. The number of para-hydroxylation sites is 1. The predicted molar refractivity (Wildman–Crippen MR) is 53.0 cm³/mol. The first kappa shape index (κ1) is 12.2. The summed E-state index contributed by atoms with van der Waals surface area (Å²) in [5.41, 5.74) is 1.13. The lowest BCUT2D eigenvalue weighted by molar-refractivity contribution is -0.697. The molecule has 0 amide bonds. The molecule has 15 heavy (non-hydrogen) atoms. The van der Waals surface area contributed by atoms with E-state index >= 15 is 0 Å². The van der Waals surface area contributed by atoms with Crippen molar-refractivity contribution in [3.8, 4) is 5.69 Å². The van der Waals surface area contributed by atoms with Gasteiger partial charge in [-0.2, -0.15) is 0 Å². The van der Waals surface area contributed by atoms with Crippen LogP contribution in [0.2, 0.25) is 0 Å². The predicted octanol–water partition coefficient (Wildman–Crippen LogP) is -2.24. The second kappa shape index (κ2) is 5.87. The van der Waals surface area contributed by atoms with Gasteiger partial charge < -0.3 is 29.1 Å². The van der Waals surface area contributed by atoms with Crippen molar-refractivity contribution in [1.82, 2.24) is 4.57 Å². The summed E-state index contributed by atoms with van der Waals surface area (Å²) in [6.45, 7) is 0.809. The van der Waals surface area contributed by atoms with E-state index in [1.54, 1.807) is 0 Å². The summed E-state index contributed by atoms with van der Waals surface area (Å²) in [4.78, 5) is 0. The molecule has 0 fully saturated rings. The first-order chi connectivity index (χ1) is 6.90. The third-order valence-corrected chi connectivity index (χ3v) is 2.10. The molecule has 1 aromatic carbocycles. The van der Waals surface area contributed by atoms with Gasteiger partial charge in [-0.05, 0) is 12.1 Å². The lowest BCUT2D eigenvalue weighted by Crippen LogP contribution is -3.00. The van der Waals surface area contributed by atoms with Crippen LogP contribution in [0.25, 0.3) is 5.69 Å². The van der Waals surface area contributed by atoms with Gasteiger partial charge >= 0.3 is 0 Å². The number of aromatic nitrogens is 2. The number of benzene rings is 1. The average Bonchev–Trinajstić information content (AvgIpc) is 2.68. The summed E-state index contributed by atoms with van der Waals surface area (Å²) in [5, 5.41) is 8.77. The van der Waals surface area contributed by atoms with Gasteiger partial charge in [0.2, 0.25) is 6.33 Å². The molecule has 0 saturated carbocycles. The minimum absolute atomic E-state index is 0. The number of hydrogen-bond acceptors (Lipinski definition) is 1. The van der Waals surface area contributed by atoms with E-state index in [9.17, 15) is 0 Å². The molecule has 80 valence electrons. The Balaban J connectivity index is 0.00000112. The molecule has 0 spiro atoms. The summed E-state index contributed by atoms with van der Waals surface area (Å²) >= 11 is 0. The molecular weight excluding hydrogens is 303 g/mol. The quantitative estimate of drug-likeness (QED) is 0.504. The van der Waals surface area contributed by atoms with Gasteiger partial charge in [0.25, 0.3) is 0 Å². The molecule has 0 radical (unpaired) electrons. The average molecular weight is 316 g/mol. The van der Waals surface area contributed by atoms with Gasteiger partial charge in [-0.1, -0.05) is 18.2 Å². The van der Waals surface area contributed by atoms with Crippen LogP contribution in [0, 0.1) is 0 Å². The van der Waals surface area contributed by atoms with E-state index < -0.39 is 0 Å². The first-order valence-electron chi connectivity index (χ1n) is 4.63. The minimum Gasteiger partial charge on any atom is -1.00 e. The third-order valence-electron chi connectivity index (χ3n) is 2.10. The van der Waals surface area contributed by atoms with Crippen LogP contribution in [0.15, 0.2) is 49.1 Å². The van der Waals surface area contributed by atoms with Gasteiger partial charge in [-0.15, -0.1) is 0 Å². The Hall–Kier alpha value is -0.880. The zero-order chi connectivity index (χ0) is 9.80. The summed E-state index contributed by atoms with van der Waals surface area (Å²) in [5.74, 6) is 0. The Morgan fingerprint density at radius 1 is 1.20 bits per heavy atom. The van der Waals surface area contributed by atoms with Crippen LogP contribution in [0.3, 0.4) is 0 Å². The molecule has 3 nitrogen and oxygen atoms in total. The fourth-order valence-corrected chi connectivity index (χ4v) is 1.39. The molecule has 0 aliphatic heterocycles. The highest BCUT2D eigenvalue weighted by molar-refractivity contribution is 5.30. The lowest BCUT2D eigenvalue weighted by atomic mass is 10.3. The minimum atomic E-state index is 0. The number of imidazole rings is 1. The van der Waals surface area contributed by atoms with Gasteiger partial charge in [0.15, 0.2) is 0 Å². The highest BCUT2D eigenvalue weighted by Gasteiger charge is 2.04. The zero-order valence-electron chi connectivity index (χ0n) is 8.25. The van der Waals surface area contributed by atoms with Crippen LogP contribution in [0.5, 0.6) is 0 Å². The topological polar surface area (TPSA) is 29.0 Å². The maximum Gasteiger partial charge on any atom is 0.249 e. The molecule has 0 aliphatic carbocycles. The van der Waals surface area contributed by atoms with Crippen LogP contribution in [0.4, 0.5) is 0 Å². The number of aliphatic hydroxyl groups excluding tert-OH is 1. The standard InChI is InChI=1S/C11H13N2O.HI/c14-9-8-12-6-7-13(10-12)11-4-2-1-3-5-11;/h1-7,10,14H,8-9H2;1H/q+1;/p-1. The Bertz CT molecular complexity index is 400. The maximum atomic E-state index is 8.77. The van der Waals surface area contributed by atoms with Gasteiger partial charge in [0, 0.05) is 0 Å². The summed E-state index contributed by atoms with van der Waals surface area (Å²) in [6.07, 6.45) is 5.89. The van der Waals surface area contributed by atoms with Crippen LogP contribution in [0.1, 0.15) is 0 Å². The monoisotopic (exact) mass is 316 g/mol. The van der Waals surface area contributed by atoms with Crippen molar-refractivity contribution in [2.75, 3.05) is 6.61 Å². The number of rotatable bonds is 3. The van der Waals surface area contributed by atoms with E-state index in [0.717, 1.165) is 5.69 Å². The molecule has 0 saturated heterocycles. The summed E-state index contributed by atoms with van der Waals surface area (Å²) in [6, 6.07) is 10.1. The van der Waals surface area contributed by atoms with Gasteiger partial charge in [-0.3, -0.25) is 0 Å². The van der Waals surface area contributed by atoms with Gasteiger partial charge in [0.05, 0.1) is 6.61 Å².